The van der Waals surface area contributed by atoms with Gasteiger partial charge < -0.3 is 11.1 Å². The molecule has 0 fully saturated rings. The normalized spacial score (nSPS) is 11.2. The molecule has 108 valence electrons. The minimum atomic E-state index is -0.0479. The molecular formula is C16H22N2OS. The summed E-state index contributed by atoms with van der Waals surface area (Å²) in [5.74, 6) is 0.491. The van der Waals surface area contributed by atoms with E-state index in [0.717, 1.165) is 29.5 Å². The van der Waals surface area contributed by atoms with Crippen LogP contribution in [0.3, 0.4) is 0 Å². The number of fused-ring (bicyclic) bond motifs is 1. The molecule has 3 N–H and O–H groups in total. The minimum absolute atomic E-state index is 0.0479. The van der Waals surface area contributed by atoms with Crippen molar-refractivity contribution < 1.29 is 4.79 Å². The third-order valence-electron chi connectivity index (χ3n) is 3.80. The smallest absolute Gasteiger partial charge is 0.263 e. The number of thiophene rings is 1. The van der Waals surface area contributed by atoms with Crippen molar-refractivity contribution >= 4 is 33.0 Å². The molecule has 0 radical (unpaired) electrons. The predicted molar refractivity (Wildman–Crippen MR) is 87.4 cm³/mol. The quantitative estimate of drug-likeness (QED) is 0.875. The maximum Gasteiger partial charge on any atom is 0.263 e. The molecule has 2 aromatic rings. The van der Waals surface area contributed by atoms with Gasteiger partial charge in [0.15, 0.2) is 0 Å². The lowest BCUT2D eigenvalue weighted by atomic mass is 10.0. The van der Waals surface area contributed by atoms with Crippen LogP contribution in [0.5, 0.6) is 0 Å². The standard InChI is InChI=1S/C16H22N2OS/c1-4-11(5-2)9-18-16(19)15-14(17)12-7-6-10(3)8-13(12)20-15/h6-8,11H,4-5,9,17H2,1-3H3,(H,18,19). The molecule has 1 aromatic carbocycles. The van der Waals surface area contributed by atoms with Gasteiger partial charge >= 0.3 is 0 Å². The molecule has 1 heterocycles. The minimum Gasteiger partial charge on any atom is -0.397 e. The Balaban J connectivity index is 2.20. The molecule has 3 nitrogen and oxygen atoms in total. The Kier molecular flexibility index (Phi) is 4.65. The Hall–Kier alpha value is -1.55. The van der Waals surface area contributed by atoms with Gasteiger partial charge in [-0.2, -0.15) is 0 Å². The summed E-state index contributed by atoms with van der Waals surface area (Å²) >= 11 is 1.48. The second-order valence-electron chi connectivity index (χ2n) is 5.24. The van der Waals surface area contributed by atoms with Gasteiger partial charge in [-0.3, -0.25) is 4.79 Å². The number of rotatable bonds is 5. The number of amides is 1. The van der Waals surface area contributed by atoms with Crippen LogP contribution in [0.1, 0.15) is 41.9 Å². The molecule has 1 amide bonds. The number of nitrogens with two attached hydrogens (primary N) is 1. The molecule has 20 heavy (non-hydrogen) atoms. The number of nitrogens with one attached hydrogen (secondary N) is 1. The summed E-state index contributed by atoms with van der Waals surface area (Å²) in [6, 6.07) is 6.10. The number of carbonyl (C=O) groups is 1. The van der Waals surface area contributed by atoms with Crippen molar-refractivity contribution in [3.8, 4) is 0 Å². The van der Waals surface area contributed by atoms with E-state index < -0.39 is 0 Å². The number of hydrogen-bond donors (Lipinski definition) is 2. The maximum absolute atomic E-state index is 12.3. The van der Waals surface area contributed by atoms with Crippen molar-refractivity contribution in [2.24, 2.45) is 5.92 Å². The Morgan fingerprint density at radius 2 is 2.05 bits per heavy atom. The van der Waals surface area contributed by atoms with Gasteiger partial charge in [0.05, 0.1) is 5.69 Å². The van der Waals surface area contributed by atoms with Crippen molar-refractivity contribution in [1.82, 2.24) is 5.32 Å². The fourth-order valence-corrected chi connectivity index (χ4v) is 3.42. The van der Waals surface area contributed by atoms with Crippen LogP contribution < -0.4 is 11.1 Å². The Morgan fingerprint density at radius 1 is 1.35 bits per heavy atom. The summed E-state index contributed by atoms with van der Waals surface area (Å²) in [6.45, 7) is 7.06. The number of carbonyl (C=O) groups excluding carboxylic acids is 1. The molecule has 0 aliphatic heterocycles. The number of aryl methyl sites for hydroxylation is 1. The molecule has 0 unspecified atom stereocenters. The highest BCUT2D eigenvalue weighted by Crippen LogP contribution is 2.34. The number of hydrogen-bond acceptors (Lipinski definition) is 3. The number of anilines is 1. The third-order valence-corrected chi connectivity index (χ3v) is 4.96. The van der Waals surface area contributed by atoms with E-state index in [1.807, 2.05) is 19.1 Å². The van der Waals surface area contributed by atoms with Crippen molar-refractivity contribution in [3.05, 3.63) is 28.6 Å². The molecule has 1 aromatic heterocycles. The summed E-state index contributed by atoms with van der Waals surface area (Å²) in [7, 11) is 0. The fourth-order valence-electron chi connectivity index (χ4n) is 2.29. The Bertz CT molecular complexity index is 614. The number of benzene rings is 1. The van der Waals surface area contributed by atoms with Crippen LogP contribution in [0.4, 0.5) is 5.69 Å². The van der Waals surface area contributed by atoms with Crippen molar-refractivity contribution in [3.63, 3.8) is 0 Å². The molecule has 0 saturated carbocycles. The van der Waals surface area contributed by atoms with Crippen molar-refractivity contribution in [1.29, 1.82) is 0 Å². The molecule has 0 aliphatic carbocycles. The molecule has 0 saturated heterocycles. The van der Waals surface area contributed by atoms with Crippen LogP contribution >= 0.6 is 11.3 Å². The lowest BCUT2D eigenvalue weighted by Gasteiger charge is -2.12. The van der Waals surface area contributed by atoms with E-state index in [1.165, 1.54) is 16.9 Å². The van der Waals surface area contributed by atoms with E-state index in [-0.39, 0.29) is 5.91 Å². The van der Waals surface area contributed by atoms with Gasteiger partial charge in [0.1, 0.15) is 4.88 Å². The van der Waals surface area contributed by atoms with Crippen LogP contribution in [-0.2, 0) is 0 Å². The second kappa shape index (κ2) is 6.27. The van der Waals surface area contributed by atoms with Gasteiger partial charge in [0.25, 0.3) is 5.91 Å². The van der Waals surface area contributed by atoms with Crippen LogP contribution in [-0.4, -0.2) is 12.5 Å². The van der Waals surface area contributed by atoms with Crippen molar-refractivity contribution in [2.75, 3.05) is 12.3 Å². The molecule has 0 bridgehead atoms. The zero-order chi connectivity index (χ0) is 14.7. The van der Waals surface area contributed by atoms with E-state index in [4.69, 9.17) is 5.73 Å². The van der Waals surface area contributed by atoms with Crippen LogP contribution in [0.2, 0.25) is 0 Å². The maximum atomic E-state index is 12.3. The van der Waals surface area contributed by atoms with E-state index in [2.05, 4.69) is 25.2 Å². The SMILES string of the molecule is CCC(CC)CNC(=O)c1sc2cc(C)ccc2c1N. The van der Waals surface area contributed by atoms with Gasteiger partial charge in [-0.25, -0.2) is 0 Å². The average molecular weight is 290 g/mol. The fraction of sp³-hybridized carbons (Fsp3) is 0.438. The first-order valence-electron chi connectivity index (χ1n) is 7.13. The van der Waals surface area contributed by atoms with Gasteiger partial charge in [0, 0.05) is 16.6 Å². The Morgan fingerprint density at radius 3 is 2.70 bits per heavy atom. The van der Waals surface area contributed by atoms with E-state index in [0.29, 0.717) is 16.5 Å². The van der Waals surface area contributed by atoms with Gasteiger partial charge in [-0.1, -0.05) is 38.8 Å². The highest BCUT2D eigenvalue weighted by Gasteiger charge is 2.17. The summed E-state index contributed by atoms with van der Waals surface area (Å²) in [4.78, 5) is 12.9. The molecule has 0 aliphatic rings. The van der Waals surface area contributed by atoms with Gasteiger partial charge in [0.2, 0.25) is 0 Å². The predicted octanol–water partition coefficient (Wildman–Crippen LogP) is 3.96. The molecule has 2 rings (SSSR count). The molecular weight excluding hydrogens is 268 g/mol. The largest absolute Gasteiger partial charge is 0.397 e. The Labute approximate surface area is 124 Å². The van der Waals surface area contributed by atoms with Gasteiger partial charge in [-0.15, -0.1) is 11.3 Å². The average Bonchev–Trinajstić information content (AvgIpc) is 2.76. The van der Waals surface area contributed by atoms with Crippen molar-refractivity contribution in [2.45, 2.75) is 33.6 Å². The molecule has 0 spiro atoms. The van der Waals surface area contributed by atoms with Crippen LogP contribution in [0.15, 0.2) is 18.2 Å². The first kappa shape index (κ1) is 14.9. The highest BCUT2D eigenvalue weighted by molar-refractivity contribution is 7.21. The zero-order valence-corrected chi connectivity index (χ0v) is 13.1. The monoisotopic (exact) mass is 290 g/mol. The van der Waals surface area contributed by atoms with E-state index in [1.54, 1.807) is 0 Å². The molecule has 4 heteroatoms. The highest BCUT2D eigenvalue weighted by atomic mass is 32.1. The third kappa shape index (κ3) is 2.96. The number of nitrogen functional groups attached to an aromatic ring is 1. The van der Waals surface area contributed by atoms with E-state index >= 15 is 0 Å². The van der Waals surface area contributed by atoms with Gasteiger partial charge in [-0.05, 0) is 24.5 Å². The first-order chi connectivity index (χ1) is 9.56. The first-order valence-corrected chi connectivity index (χ1v) is 7.95. The topological polar surface area (TPSA) is 55.1 Å². The zero-order valence-electron chi connectivity index (χ0n) is 12.3. The summed E-state index contributed by atoms with van der Waals surface area (Å²) < 4.78 is 1.08. The summed E-state index contributed by atoms with van der Waals surface area (Å²) in [6.07, 6.45) is 2.16. The summed E-state index contributed by atoms with van der Waals surface area (Å²) in [5.41, 5.74) is 7.90. The van der Waals surface area contributed by atoms with Crippen LogP contribution in [0.25, 0.3) is 10.1 Å². The van der Waals surface area contributed by atoms with E-state index in [9.17, 15) is 4.79 Å². The lowest BCUT2D eigenvalue weighted by molar-refractivity contribution is 0.0951. The van der Waals surface area contributed by atoms with Crippen LogP contribution in [0, 0.1) is 12.8 Å². The lowest BCUT2D eigenvalue weighted by Crippen LogP contribution is -2.28. The summed E-state index contributed by atoms with van der Waals surface area (Å²) in [5, 5.41) is 3.99. The second-order valence-corrected chi connectivity index (χ2v) is 6.29. The molecule has 0 atom stereocenters.